The topological polar surface area (TPSA) is 80.3 Å². The number of benzene rings is 1. The van der Waals surface area contributed by atoms with Crippen molar-refractivity contribution in [2.45, 2.75) is 6.42 Å². The fourth-order valence-corrected chi connectivity index (χ4v) is 3.16. The predicted molar refractivity (Wildman–Crippen MR) is 102 cm³/mol. The lowest BCUT2D eigenvalue weighted by molar-refractivity contribution is 0.0947. The number of rotatable bonds is 7. The number of carbonyl (C=O) groups excluding carboxylic acids is 2. The average molecular weight is 369 g/mol. The molecule has 0 aliphatic rings. The molecule has 1 aromatic carbocycles. The zero-order chi connectivity index (χ0) is 18.4. The number of fused-ring (bicyclic) bond motifs is 1. The van der Waals surface area contributed by atoms with Crippen molar-refractivity contribution in [3.05, 3.63) is 58.4 Å². The number of pyridine rings is 1. The largest absolute Gasteiger partial charge is 0.481 e. The van der Waals surface area contributed by atoms with Gasteiger partial charge in [0.15, 0.2) is 0 Å². The molecule has 0 saturated heterocycles. The van der Waals surface area contributed by atoms with E-state index in [1.54, 1.807) is 12.1 Å². The van der Waals surface area contributed by atoms with Crippen molar-refractivity contribution < 1.29 is 14.3 Å². The number of hydrogen-bond acceptors (Lipinski definition) is 5. The van der Waals surface area contributed by atoms with Crippen molar-refractivity contribution in [3.8, 4) is 5.88 Å². The summed E-state index contributed by atoms with van der Waals surface area (Å²) in [5.74, 6) is 0.0716. The molecule has 134 valence electrons. The van der Waals surface area contributed by atoms with Crippen LogP contribution >= 0.6 is 11.3 Å². The quantitative estimate of drug-likeness (QED) is 0.628. The number of methoxy groups -OCH3 is 1. The van der Waals surface area contributed by atoms with Gasteiger partial charge < -0.3 is 15.4 Å². The minimum absolute atomic E-state index is 0.0905. The summed E-state index contributed by atoms with van der Waals surface area (Å²) < 4.78 is 5.29. The Kier molecular flexibility index (Phi) is 5.80. The highest BCUT2D eigenvalue weighted by atomic mass is 32.1. The van der Waals surface area contributed by atoms with Gasteiger partial charge in [0, 0.05) is 18.5 Å². The highest BCUT2D eigenvalue weighted by molar-refractivity contribution is 7.12. The second-order valence-corrected chi connectivity index (χ2v) is 6.53. The van der Waals surface area contributed by atoms with Gasteiger partial charge in [-0.15, -0.1) is 11.3 Å². The minimum atomic E-state index is -0.265. The number of amides is 2. The number of hydrogen-bond donors (Lipinski definition) is 2. The molecule has 26 heavy (non-hydrogen) atoms. The van der Waals surface area contributed by atoms with Gasteiger partial charge in [0.2, 0.25) is 5.88 Å². The summed E-state index contributed by atoms with van der Waals surface area (Å²) in [4.78, 5) is 29.1. The first-order valence-corrected chi connectivity index (χ1v) is 9.10. The summed E-state index contributed by atoms with van der Waals surface area (Å²) in [6.07, 6.45) is 0.633. The first-order valence-electron chi connectivity index (χ1n) is 8.22. The van der Waals surface area contributed by atoms with Crippen LogP contribution < -0.4 is 15.4 Å². The Morgan fingerprint density at radius 3 is 2.58 bits per heavy atom. The van der Waals surface area contributed by atoms with Crippen LogP contribution in [-0.2, 0) is 0 Å². The van der Waals surface area contributed by atoms with Crippen LogP contribution in [0.5, 0.6) is 5.88 Å². The Balaban J connectivity index is 1.52. The third-order valence-corrected chi connectivity index (χ3v) is 4.67. The van der Waals surface area contributed by atoms with Crippen molar-refractivity contribution in [1.29, 1.82) is 0 Å². The molecule has 0 saturated carbocycles. The van der Waals surface area contributed by atoms with E-state index in [9.17, 15) is 9.59 Å². The van der Waals surface area contributed by atoms with Gasteiger partial charge in [0.05, 0.1) is 12.0 Å². The molecule has 2 N–H and O–H groups in total. The molecule has 0 spiro atoms. The molecule has 0 aliphatic heterocycles. The Morgan fingerprint density at radius 2 is 1.85 bits per heavy atom. The van der Waals surface area contributed by atoms with E-state index >= 15 is 0 Å². The summed E-state index contributed by atoms with van der Waals surface area (Å²) in [5, 5.41) is 9.26. The normalized spacial score (nSPS) is 10.5. The van der Waals surface area contributed by atoms with E-state index < -0.39 is 0 Å². The molecule has 7 heteroatoms. The van der Waals surface area contributed by atoms with Gasteiger partial charge in [0.1, 0.15) is 5.69 Å². The highest BCUT2D eigenvalue weighted by Gasteiger charge is 2.12. The molecule has 3 aromatic rings. The standard InChI is InChI=1S/C19H19N3O3S/c1-25-19-14-7-3-2-6-13(14)12-15(22-19)17(23)20-9-5-10-21-18(24)16-8-4-11-26-16/h2-4,6-8,11-12H,5,9-10H2,1H3,(H,20,23)(H,21,24). The summed E-state index contributed by atoms with van der Waals surface area (Å²) in [5.41, 5.74) is 0.308. The van der Waals surface area contributed by atoms with Crippen molar-refractivity contribution in [2.24, 2.45) is 0 Å². The number of nitrogens with zero attached hydrogens (tertiary/aromatic N) is 1. The number of aromatic nitrogens is 1. The molecule has 2 aromatic heterocycles. The van der Waals surface area contributed by atoms with Gasteiger partial charge in [-0.2, -0.15) is 0 Å². The minimum Gasteiger partial charge on any atom is -0.481 e. The first kappa shape index (κ1) is 17.9. The number of ether oxygens (including phenoxy) is 1. The van der Waals surface area contributed by atoms with Crippen molar-refractivity contribution in [2.75, 3.05) is 20.2 Å². The second-order valence-electron chi connectivity index (χ2n) is 5.58. The average Bonchev–Trinajstić information content (AvgIpc) is 3.21. The van der Waals surface area contributed by atoms with Crippen LogP contribution in [-0.4, -0.2) is 37.0 Å². The summed E-state index contributed by atoms with van der Waals surface area (Å²) >= 11 is 1.40. The lowest BCUT2D eigenvalue weighted by atomic mass is 10.1. The zero-order valence-electron chi connectivity index (χ0n) is 14.3. The molecule has 0 radical (unpaired) electrons. The van der Waals surface area contributed by atoms with Gasteiger partial charge in [-0.05, 0) is 35.4 Å². The van der Waals surface area contributed by atoms with Gasteiger partial charge in [0.25, 0.3) is 11.8 Å². The molecule has 2 amide bonds. The molecule has 0 bridgehead atoms. The highest BCUT2D eigenvalue weighted by Crippen LogP contribution is 2.24. The summed E-state index contributed by atoms with van der Waals surface area (Å²) in [6.45, 7) is 0.936. The van der Waals surface area contributed by atoms with E-state index in [1.807, 2.05) is 35.7 Å². The molecule has 0 unspecified atom stereocenters. The maximum absolute atomic E-state index is 12.3. The Labute approximate surface area is 155 Å². The monoisotopic (exact) mass is 369 g/mol. The van der Waals surface area contributed by atoms with E-state index in [-0.39, 0.29) is 11.8 Å². The fourth-order valence-electron chi connectivity index (χ4n) is 2.52. The van der Waals surface area contributed by atoms with Crippen molar-refractivity contribution >= 4 is 33.9 Å². The smallest absolute Gasteiger partial charge is 0.270 e. The Bertz CT molecular complexity index is 910. The molecule has 0 aliphatic carbocycles. The summed E-state index contributed by atoms with van der Waals surface area (Å²) in [6, 6.07) is 13.0. The lowest BCUT2D eigenvalue weighted by Crippen LogP contribution is -2.30. The van der Waals surface area contributed by atoms with E-state index in [0.29, 0.717) is 36.0 Å². The van der Waals surface area contributed by atoms with E-state index in [1.165, 1.54) is 18.4 Å². The lowest BCUT2D eigenvalue weighted by Gasteiger charge is -2.09. The SMILES string of the molecule is COc1nc(C(=O)NCCCNC(=O)c2cccs2)cc2ccccc12. The molecule has 0 atom stereocenters. The molecule has 3 rings (SSSR count). The molecule has 2 heterocycles. The van der Waals surface area contributed by atoms with Crippen LogP contribution in [0.3, 0.4) is 0 Å². The third-order valence-electron chi connectivity index (χ3n) is 3.80. The predicted octanol–water partition coefficient (Wildman–Crippen LogP) is 2.85. The van der Waals surface area contributed by atoms with Gasteiger partial charge in [-0.25, -0.2) is 4.98 Å². The Morgan fingerprint density at radius 1 is 1.08 bits per heavy atom. The van der Waals surface area contributed by atoms with Crippen LogP contribution in [0.25, 0.3) is 10.8 Å². The number of thiophene rings is 1. The van der Waals surface area contributed by atoms with Gasteiger partial charge >= 0.3 is 0 Å². The van der Waals surface area contributed by atoms with E-state index in [0.717, 1.165) is 10.8 Å². The molecular weight excluding hydrogens is 350 g/mol. The van der Waals surface area contributed by atoms with Crippen LogP contribution in [0, 0.1) is 0 Å². The maximum atomic E-state index is 12.3. The first-order chi connectivity index (χ1) is 12.7. The zero-order valence-corrected chi connectivity index (χ0v) is 15.1. The van der Waals surface area contributed by atoms with Crippen LogP contribution in [0.2, 0.25) is 0 Å². The number of carbonyl (C=O) groups is 2. The maximum Gasteiger partial charge on any atom is 0.270 e. The second kappa shape index (κ2) is 8.44. The van der Waals surface area contributed by atoms with Crippen molar-refractivity contribution in [3.63, 3.8) is 0 Å². The van der Waals surface area contributed by atoms with Crippen LogP contribution in [0.15, 0.2) is 47.8 Å². The molecular formula is C19H19N3O3S. The number of nitrogens with one attached hydrogen (secondary N) is 2. The van der Waals surface area contributed by atoms with Gasteiger partial charge in [-0.1, -0.05) is 24.3 Å². The van der Waals surface area contributed by atoms with E-state index in [2.05, 4.69) is 15.6 Å². The van der Waals surface area contributed by atoms with E-state index in [4.69, 9.17) is 4.74 Å². The van der Waals surface area contributed by atoms with Crippen LogP contribution in [0.4, 0.5) is 0 Å². The van der Waals surface area contributed by atoms with Crippen LogP contribution in [0.1, 0.15) is 26.6 Å². The van der Waals surface area contributed by atoms with Gasteiger partial charge in [-0.3, -0.25) is 9.59 Å². The molecule has 6 nitrogen and oxygen atoms in total. The summed E-state index contributed by atoms with van der Waals surface area (Å²) in [7, 11) is 1.53. The third kappa shape index (κ3) is 4.18. The fraction of sp³-hybridized carbons (Fsp3) is 0.211. The molecule has 0 fully saturated rings. The van der Waals surface area contributed by atoms with Crippen molar-refractivity contribution in [1.82, 2.24) is 15.6 Å². The Hall–Kier alpha value is -2.93.